The van der Waals surface area contributed by atoms with E-state index >= 15 is 0 Å². The number of carbonyl (C=O) groups excluding carboxylic acids is 2. The smallest absolute Gasteiger partial charge is 0.224 e. The zero-order valence-corrected chi connectivity index (χ0v) is 14.5. The molecule has 108 valence electrons. The van der Waals surface area contributed by atoms with Crippen LogP contribution < -0.4 is 5.32 Å². The minimum atomic E-state index is -0.101. The van der Waals surface area contributed by atoms with Crippen LogP contribution in [0.4, 0.5) is 5.69 Å². The van der Waals surface area contributed by atoms with Gasteiger partial charge in [-0.05, 0) is 80.8 Å². The molecule has 0 fully saturated rings. The van der Waals surface area contributed by atoms with Crippen molar-refractivity contribution in [3.8, 4) is 0 Å². The number of fused-ring (bicyclic) bond motifs is 2. The number of hydrogen-bond acceptors (Lipinski definition) is 3. The molecule has 4 rings (SSSR count). The Morgan fingerprint density at radius 2 is 1.95 bits per heavy atom. The highest BCUT2D eigenvalue weighted by molar-refractivity contribution is 14.1. The number of thioether (sulfide) groups is 1. The number of carbonyl (C=O) groups is 2. The first-order valence-corrected chi connectivity index (χ1v) is 8.63. The largest absolute Gasteiger partial charge is 0.326 e. The lowest BCUT2D eigenvalue weighted by molar-refractivity contribution is -0.114. The third-order valence-electron chi connectivity index (χ3n) is 3.75. The van der Waals surface area contributed by atoms with Crippen molar-refractivity contribution in [2.24, 2.45) is 0 Å². The first-order valence-electron chi connectivity index (χ1n) is 6.73. The summed E-state index contributed by atoms with van der Waals surface area (Å²) in [5.74, 6) is -0.101. The SMILES string of the molecule is CC(=O)Nc1ccc2cc3c(I)ccc4c3c(c2c1)SC4=O. The lowest BCUT2D eigenvalue weighted by atomic mass is 10.00. The highest BCUT2D eigenvalue weighted by Gasteiger charge is 2.26. The van der Waals surface area contributed by atoms with Gasteiger partial charge in [-0.15, -0.1) is 0 Å². The second kappa shape index (κ2) is 4.96. The molecular weight excluding hydrogens is 409 g/mol. The summed E-state index contributed by atoms with van der Waals surface area (Å²) in [5, 5.41) is 7.14. The zero-order valence-electron chi connectivity index (χ0n) is 11.6. The number of nitrogens with one attached hydrogen (secondary N) is 1. The molecule has 0 atom stereocenters. The Labute approximate surface area is 144 Å². The van der Waals surface area contributed by atoms with E-state index in [1.54, 1.807) is 0 Å². The molecule has 5 heteroatoms. The monoisotopic (exact) mass is 419 g/mol. The summed E-state index contributed by atoms with van der Waals surface area (Å²) in [6.45, 7) is 1.49. The van der Waals surface area contributed by atoms with Gasteiger partial charge in [0.1, 0.15) is 0 Å². The van der Waals surface area contributed by atoms with Gasteiger partial charge in [0.2, 0.25) is 11.0 Å². The fourth-order valence-electron chi connectivity index (χ4n) is 2.85. The highest BCUT2D eigenvalue weighted by Crippen LogP contribution is 2.46. The maximum Gasteiger partial charge on any atom is 0.224 e. The first kappa shape index (κ1) is 14.0. The van der Waals surface area contributed by atoms with E-state index in [0.717, 1.165) is 41.3 Å². The first-order chi connectivity index (χ1) is 10.5. The van der Waals surface area contributed by atoms with Crippen LogP contribution >= 0.6 is 34.4 Å². The Balaban J connectivity index is 2.10. The van der Waals surface area contributed by atoms with Crippen LogP contribution in [0.3, 0.4) is 0 Å². The van der Waals surface area contributed by atoms with Gasteiger partial charge in [0.15, 0.2) is 0 Å². The topological polar surface area (TPSA) is 46.2 Å². The fraction of sp³-hybridized carbons (Fsp3) is 0.0588. The standard InChI is InChI=1S/C17H10INO2S/c1-8(20)19-10-3-2-9-6-13-14(18)5-4-11-15(13)16(12(9)7-10)22-17(11)21/h2-7H,1H3,(H,19,20). The Morgan fingerprint density at radius 1 is 1.14 bits per heavy atom. The van der Waals surface area contributed by atoms with Gasteiger partial charge in [0, 0.05) is 32.0 Å². The second-order valence-electron chi connectivity index (χ2n) is 5.23. The number of anilines is 1. The Kier molecular flexibility index (Phi) is 3.16. The average Bonchev–Trinajstić information content (AvgIpc) is 2.80. The van der Waals surface area contributed by atoms with Crippen molar-refractivity contribution in [2.45, 2.75) is 11.8 Å². The van der Waals surface area contributed by atoms with E-state index in [4.69, 9.17) is 0 Å². The molecule has 3 aromatic rings. The summed E-state index contributed by atoms with van der Waals surface area (Å²) in [5.41, 5.74) is 1.53. The summed E-state index contributed by atoms with van der Waals surface area (Å²) in [6.07, 6.45) is 0. The summed E-state index contributed by atoms with van der Waals surface area (Å²) >= 11 is 3.58. The summed E-state index contributed by atoms with van der Waals surface area (Å²) < 4.78 is 1.14. The Morgan fingerprint density at radius 3 is 2.73 bits per heavy atom. The van der Waals surface area contributed by atoms with Crippen LogP contribution in [0.15, 0.2) is 41.3 Å². The molecule has 0 aliphatic carbocycles. The Bertz CT molecular complexity index is 997. The molecule has 3 aromatic carbocycles. The summed E-state index contributed by atoms with van der Waals surface area (Å²) in [4.78, 5) is 24.5. The molecule has 1 amide bonds. The number of benzene rings is 3. The molecule has 0 unspecified atom stereocenters. The molecule has 1 N–H and O–H groups in total. The number of halogens is 1. The molecular formula is C17H10INO2S. The minimum Gasteiger partial charge on any atom is -0.326 e. The molecule has 1 aliphatic rings. The molecule has 3 nitrogen and oxygen atoms in total. The highest BCUT2D eigenvalue weighted by atomic mass is 127. The maximum atomic E-state index is 12.3. The van der Waals surface area contributed by atoms with Crippen molar-refractivity contribution in [3.63, 3.8) is 0 Å². The quantitative estimate of drug-likeness (QED) is 0.455. The van der Waals surface area contributed by atoms with E-state index in [0.29, 0.717) is 0 Å². The van der Waals surface area contributed by atoms with Crippen LogP contribution in [-0.4, -0.2) is 11.0 Å². The maximum absolute atomic E-state index is 12.3. The van der Waals surface area contributed by atoms with Crippen molar-refractivity contribution in [1.82, 2.24) is 0 Å². The van der Waals surface area contributed by atoms with Crippen molar-refractivity contribution in [1.29, 1.82) is 0 Å². The van der Waals surface area contributed by atoms with E-state index < -0.39 is 0 Å². The molecule has 0 radical (unpaired) electrons. The molecule has 1 heterocycles. The Hall–Kier alpha value is -1.60. The third-order valence-corrected chi connectivity index (χ3v) is 5.73. The van der Waals surface area contributed by atoms with Gasteiger partial charge in [0.05, 0.1) is 0 Å². The van der Waals surface area contributed by atoms with E-state index in [9.17, 15) is 9.59 Å². The third kappa shape index (κ3) is 2.03. The molecule has 22 heavy (non-hydrogen) atoms. The predicted molar refractivity (Wildman–Crippen MR) is 98.7 cm³/mol. The summed E-state index contributed by atoms with van der Waals surface area (Å²) in [7, 11) is 0. The minimum absolute atomic E-state index is 0.0915. The average molecular weight is 419 g/mol. The van der Waals surface area contributed by atoms with Crippen LogP contribution in [0.1, 0.15) is 17.3 Å². The van der Waals surface area contributed by atoms with Gasteiger partial charge in [-0.25, -0.2) is 0 Å². The van der Waals surface area contributed by atoms with Crippen molar-refractivity contribution < 1.29 is 9.59 Å². The normalized spacial score (nSPS) is 13.1. The fourth-order valence-corrected chi connectivity index (χ4v) is 4.53. The lowest BCUT2D eigenvalue weighted by Gasteiger charge is -2.09. The van der Waals surface area contributed by atoms with Gasteiger partial charge in [-0.3, -0.25) is 9.59 Å². The van der Waals surface area contributed by atoms with Crippen LogP contribution in [0.25, 0.3) is 21.5 Å². The van der Waals surface area contributed by atoms with E-state index in [-0.39, 0.29) is 11.0 Å². The van der Waals surface area contributed by atoms with E-state index in [1.165, 1.54) is 18.7 Å². The van der Waals surface area contributed by atoms with Crippen LogP contribution in [0.2, 0.25) is 0 Å². The number of hydrogen-bond donors (Lipinski definition) is 1. The van der Waals surface area contributed by atoms with E-state index in [2.05, 4.69) is 34.0 Å². The molecule has 1 aliphatic heterocycles. The van der Waals surface area contributed by atoms with Gasteiger partial charge in [0.25, 0.3) is 0 Å². The summed E-state index contributed by atoms with van der Waals surface area (Å²) in [6, 6.07) is 11.8. The molecule has 0 saturated heterocycles. The van der Waals surface area contributed by atoms with Gasteiger partial charge >= 0.3 is 0 Å². The predicted octanol–water partition coefficient (Wildman–Crippen LogP) is 4.80. The molecule has 0 bridgehead atoms. The lowest BCUT2D eigenvalue weighted by Crippen LogP contribution is -2.05. The number of amides is 1. The van der Waals surface area contributed by atoms with Crippen LogP contribution in [0, 0.1) is 3.57 Å². The molecule has 0 aromatic heterocycles. The van der Waals surface area contributed by atoms with Gasteiger partial charge in [-0.2, -0.15) is 0 Å². The van der Waals surface area contributed by atoms with E-state index in [1.807, 2.05) is 30.3 Å². The number of rotatable bonds is 1. The second-order valence-corrected chi connectivity index (χ2v) is 7.38. The van der Waals surface area contributed by atoms with Crippen molar-refractivity contribution in [2.75, 3.05) is 5.32 Å². The molecule has 0 spiro atoms. The van der Waals surface area contributed by atoms with Crippen molar-refractivity contribution in [3.05, 3.63) is 45.5 Å². The van der Waals surface area contributed by atoms with Crippen molar-refractivity contribution >= 4 is 72.6 Å². The zero-order chi connectivity index (χ0) is 15.4. The molecule has 0 saturated carbocycles. The van der Waals surface area contributed by atoms with Gasteiger partial charge in [-0.1, -0.05) is 6.07 Å². The van der Waals surface area contributed by atoms with Crippen LogP contribution in [0.5, 0.6) is 0 Å². The van der Waals surface area contributed by atoms with Crippen LogP contribution in [-0.2, 0) is 4.79 Å². The van der Waals surface area contributed by atoms with Gasteiger partial charge < -0.3 is 5.32 Å².